The molecule has 86 valence electrons. The Hall–Kier alpha value is -1.92. The standard InChI is InChI=1S/C9H11N3O4/c1-16-9(13)8-7(12(14)15)5-11(10-8)6-3-2-4-6/h5-6H,2-4H2,1H3. The maximum atomic E-state index is 11.3. The zero-order valence-electron chi connectivity index (χ0n) is 8.75. The highest BCUT2D eigenvalue weighted by Crippen LogP contribution is 2.32. The molecule has 0 atom stereocenters. The molecule has 1 aliphatic carbocycles. The first-order chi connectivity index (χ1) is 7.63. The summed E-state index contributed by atoms with van der Waals surface area (Å²) in [4.78, 5) is 21.4. The summed E-state index contributed by atoms with van der Waals surface area (Å²) in [6, 6.07) is 0.178. The van der Waals surface area contributed by atoms with Gasteiger partial charge < -0.3 is 4.74 Å². The third kappa shape index (κ3) is 1.64. The Bertz CT molecular complexity index is 436. The summed E-state index contributed by atoms with van der Waals surface area (Å²) in [6.45, 7) is 0. The summed E-state index contributed by atoms with van der Waals surface area (Å²) < 4.78 is 5.95. The van der Waals surface area contributed by atoms with Gasteiger partial charge in [-0.15, -0.1) is 0 Å². The van der Waals surface area contributed by atoms with E-state index in [0.29, 0.717) is 0 Å². The van der Waals surface area contributed by atoms with Gasteiger partial charge in [-0.3, -0.25) is 14.8 Å². The molecule has 1 fully saturated rings. The lowest BCUT2D eigenvalue weighted by molar-refractivity contribution is -0.385. The Morgan fingerprint density at radius 1 is 1.69 bits per heavy atom. The second-order valence-electron chi connectivity index (χ2n) is 3.68. The molecular formula is C9H11N3O4. The van der Waals surface area contributed by atoms with E-state index in [1.165, 1.54) is 18.0 Å². The quantitative estimate of drug-likeness (QED) is 0.439. The SMILES string of the molecule is COC(=O)c1nn(C2CCC2)cc1[N+](=O)[O-]. The number of carbonyl (C=O) groups excluding carboxylic acids is 1. The van der Waals surface area contributed by atoms with Crippen LogP contribution in [0.3, 0.4) is 0 Å². The van der Waals surface area contributed by atoms with Crippen LogP contribution in [0, 0.1) is 10.1 Å². The molecule has 1 aromatic rings. The smallest absolute Gasteiger partial charge is 0.365 e. The molecule has 0 N–H and O–H groups in total. The van der Waals surface area contributed by atoms with Crippen LogP contribution in [0.15, 0.2) is 6.20 Å². The van der Waals surface area contributed by atoms with Gasteiger partial charge in [0.15, 0.2) is 0 Å². The first-order valence-electron chi connectivity index (χ1n) is 4.95. The number of ether oxygens (including phenoxy) is 1. The highest BCUT2D eigenvalue weighted by molar-refractivity contribution is 5.91. The maximum Gasteiger partial charge on any atom is 0.365 e. The minimum absolute atomic E-state index is 0.178. The summed E-state index contributed by atoms with van der Waals surface area (Å²) in [5.74, 6) is -0.773. The average molecular weight is 225 g/mol. The first kappa shape index (κ1) is 10.6. The minimum Gasteiger partial charge on any atom is -0.464 e. The van der Waals surface area contributed by atoms with Gasteiger partial charge in [0.25, 0.3) is 0 Å². The van der Waals surface area contributed by atoms with Crippen molar-refractivity contribution in [2.24, 2.45) is 0 Å². The third-order valence-corrected chi connectivity index (χ3v) is 2.74. The van der Waals surface area contributed by atoms with Crippen molar-refractivity contribution in [2.75, 3.05) is 7.11 Å². The van der Waals surface area contributed by atoms with Crippen LogP contribution >= 0.6 is 0 Å². The van der Waals surface area contributed by atoms with Gasteiger partial charge in [-0.05, 0) is 19.3 Å². The van der Waals surface area contributed by atoms with Crippen molar-refractivity contribution in [3.05, 3.63) is 22.0 Å². The molecule has 0 radical (unpaired) electrons. The highest BCUT2D eigenvalue weighted by Gasteiger charge is 2.30. The minimum atomic E-state index is -0.773. The number of nitrogens with zero attached hydrogens (tertiary/aromatic N) is 3. The van der Waals surface area contributed by atoms with E-state index in [9.17, 15) is 14.9 Å². The van der Waals surface area contributed by atoms with Crippen molar-refractivity contribution >= 4 is 11.7 Å². The summed E-state index contributed by atoms with van der Waals surface area (Å²) >= 11 is 0. The average Bonchev–Trinajstić information content (AvgIpc) is 2.58. The molecule has 0 bridgehead atoms. The third-order valence-electron chi connectivity index (χ3n) is 2.74. The second kappa shape index (κ2) is 3.92. The molecule has 1 saturated carbocycles. The Morgan fingerprint density at radius 2 is 2.38 bits per heavy atom. The summed E-state index contributed by atoms with van der Waals surface area (Å²) in [5, 5.41) is 14.7. The summed E-state index contributed by atoms with van der Waals surface area (Å²) in [7, 11) is 1.18. The van der Waals surface area contributed by atoms with Gasteiger partial charge >= 0.3 is 11.7 Å². The van der Waals surface area contributed by atoms with Crippen molar-refractivity contribution in [2.45, 2.75) is 25.3 Å². The van der Waals surface area contributed by atoms with E-state index >= 15 is 0 Å². The molecule has 0 unspecified atom stereocenters. The number of rotatable bonds is 3. The van der Waals surface area contributed by atoms with Crippen molar-refractivity contribution in [1.82, 2.24) is 9.78 Å². The van der Waals surface area contributed by atoms with E-state index < -0.39 is 10.9 Å². The van der Waals surface area contributed by atoms with E-state index in [-0.39, 0.29) is 17.4 Å². The molecule has 1 aliphatic rings. The van der Waals surface area contributed by atoms with Crippen LogP contribution in [-0.4, -0.2) is 27.8 Å². The second-order valence-corrected chi connectivity index (χ2v) is 3.68. The van der Waals surface area contributed by atoms with E-state index in [0.717, 1.165) is 19.3 Å². The molecule has 1 aromatic heterocycles. The summed E-state index contributed by atoms with van der Waals surface area (Å²) in [5.41, 5.74) is -0.516. The lowest BCUT2D eigenvalue weighted by atomic mass is 9.93. The molecule has 1 heterocycles. The van der Waals surface area contributed by atoms with Crippen molar-refractivity contribution in [1.29, 1.82) is 0 Å². The van der Waals surface area contributed by atoms with E-state index in [2.05, 4.69) is 9.84 Å². The van der Waals surface area contributed by atoms with Gasteiger partial charge in [0.2, 0.25) is 5.69 Å². The largest absolute Gasteiger partial charge is 0.464 e. The Labute approximate surface area is 91.2 Å². The number of nitro groups is 1. The van der Waals surface area contributed by atoms with Crippen molar-refractivity contribution in [3.8, 4) is 0 Å². The zero-order valence-corrected chi connectivity index (χ0v) is 8.75. The van der Waals surface area contributed by atoms with Crippen LogP contribution in [0.25, 0.3) is 0 Å². The molecule has 16 heavy (non-hydrogen) atoms. The molecule has 0 saturated heterocycles. The number of hydrogen-bond donors (Lipinski definition) is 0. The van der Waals surface area contributed by atoms with E-state index in [4.69, 9.17) is 0 Å². The number of aromatic nitrogens is 2. The monoisotopic (exact) mass is 225 g/mol. The number of methoxy groups -OCH3 is 1. The molecule has 0 spiro atoms. The normalized spacial score (nSPS) is 15.6. The van der Waals surface area contributed by atoms with E-state index in [1.807, 2.05) is 0 Å². The van der Waals surface area contributed by atoms with Crippen LogP contribution in [-0.2, 0) is 4.74 Å². The Kier molecular flexibility index (Phi) is 2.59. The van der Waals surface area contributed by atoms with Gasteiger partial charge in [-0.25, -0.2) is 4.79 Å². The van der Waals surface area contributed by atoms with Gasteiger partial charge in [0, 0.05) is 0 Å². The topological polar surface area (TPSA) is 87.3 Å². The van der Waals surface area contributed by atoms with Crippen LogP contribution in [0.1, 0.15) is 35.8 Å². The van der Waals surface area contributed by atoms with Crippen LogP contribution in [0.2, 0.25) is 0 Å². The predicted molar refractivity (Wildman–Crippen MR) is 53.1 cm³/mol. The molecule has 2 rings (SSSR count). The van der Waals surface area contributed by atoms with Gasteiger partial charge in [0.05, 0.1) is 18.1 Å². The molecule has 7 nitrogen and oxygen atoms in total. The van der Waals surface area contributed by atoms with Crippen LogP contribution < -0.4 is 0 Å². The molecule has 0 amide bonds. The van der Waals surface area contributed by atoms with Crippen molar-refractivity contribution < 1.29 is 14.5 Å². The maximum absolute atomic E-state index is 11.3. The predicted octanol–water partition coefficient (Wildman–Crippen LogP) is 1.30. The van der Waals surface area contributed by atoms with Gasteiger partial charge in [-0.2, -0.15) is 5.10 Å². The molecule has 7 heteroatoms. The van der Waals surface area contributed by atoms with Crippen LogP contribution in [0.4, 0.5) is 5.69 Å². The van der Waals surface area contributed by atoms with E-state index in [1.54, 1.807) is 0 Å². The summed E-state index contributed by atoms with van der Waals surface area (Å²) in [6.07, 6.45) is 4.28. The lowest BCUT2D eigenvalue weighted by Crippen LogP contribution is -2.18. The fraction of sp³-hybridized carbons (Fsp3) is 0.556. The zero-order chi connectivity index (χ0) is 11.7. The molecule has 0 aliphatic heterocycles. The highest BCUT2D eigenvalue weighted by atomic mass is 16.6. The lowest BCUT2D eigenvalue weighted by Gasteiger charge is -2.24. The number of esters is 1. The Morgan fingerprint density at radius 3 is 2.81 bits per heavy atom. The fourth-order valence-corrected chi connectivity index (χ4v) is 1.60. The van der Waals surface area contributed by atoms with Crippen molar-refractivity contribution in [3.63, 3.8) is 0 Å². The first-order valence-corrected chi connectivity index (χ1v) is 4.95. The number of hydrogen-bond acceptors (Lipinski definition) is 5. The number of carbonyl (C=O) groups is 1. The Balaban J connectivity index is 2.36. The van der Waals surface area contributed by atoms with Gasteiger partial charge in [0.1, 0.15) is 6.20 Å². The molecular weight excluding hydrogens is 214 g/mol. The van der Waals surface area contributed by atoms with Crippen LogP contribution in [0.5, 0.6) is 0 Å². The fourth-order valence-electron chi connectivity index (χ4n) is 1.60. The molecule has 0 aromatic carbocycles. The van der Waals surface area contributed by atoms with Gasteiger partial charge in [-0.1, -0.05) is 0 Å².